The summed E-state index contributed by atoms with van der Waals surface area (Å²) in [5.74, 6) is 0.931. The number of nitrogens with zero attached hydrogens (tertiary/aromatic N) is 2. The van der Waals surface area contributed by atoms with Crippen LogP contribution in [0, 0.1) is 5.92 Å². The highest BCUT2D eigenvalue weighted by Crippen LogP contribution is 2.29. The van der Waals surface area contributed by atoms with Crippen LogP contribution in [0.3, 0.4) is 0 Å². The minimum Gasteiger partial charge on any atom is -0.315 e. The molecule has 110 valence electrons. The van der Waals surface area contributed by atoms with Gasteiger partial charge in [-0.15, -0.1) is 0 Å². The molecule has 0 radical (unpaired) electrons. The topological polar surface area (TPSA) is 18.5 Å². The average molecular weight is 265 g/mol. The zero-order valence-corrected chi connectivity index (χ0v) is 12.6. The van der Waals surface area contributed by atoms with Gasteiger partial charge in [-0.2, -0.15) is 0 Å². The number of nitrogens with one attached hydrogen (secondary N) is 1. The summed E-state index contributed by atoms with van der Waals surface area (Å²) in [6, 6.07) is 1.69. The van der Waals surface area contributed by atoms with E-state index in [1.807, 2.05) is 0 Å². The maximum absolute atomic E-state index is 3.61. The molecule has 0 aromatic carbocycles. The molecule has 3 nitrogen and oxygen atoms in total. The minimum atomic E-state index is 0.729. The van der Waals surface area contributed by atoms with E-state index in [-0.39, 0.29) is 0 Å². The molecule has 1 heterocycles. The first kappa shape index (κ1) is 13.8. The summed E-state index contributed by atoms with van der Waals surface area (Å²) in [5.41, 5.74) is 0. The normalized spacial score (nSPS) is 29.5. The van der Waals surface area contributed by atoms with Crippen molar-refractivity contribution in [1.29, 1.82) is 0 Å². The van der Waals surface area contributed by atoms with Crippen LogP contribution in [0.1, 0.15) is 44.9 Å². The molecule has 1 saturated heterocycles. The molecule has 0 aromatic rings. The maximum atomic E-state index is 3.61. The van der Waals surface area contributed by atoms with Crippen LogP contribution in [0.15, 0.2) is 0 Å². The van der Waals surface area contributed by atoms with E-state index in [0.29, 0.717) is 0 Å². The molecular weight excluding hydrogens is 234 g/mol. The van der Waals surface area contributed by atoms with Crippen molar-refractivity contribution >= 4 is 0 Å². The van der Waals surface area contributed by atoms with Crippen LogP contribution in [0.4, 0.5) is 0 Å². The summed E-state index contributed by atoms with van der Waals surface area (Å²) >= 11 is 0. The first-order valence-corrected chi connectivity index (χ1v) is 8.50. The van der Waals surface area contributed by atoms with Crippen molar-refractivity contribution < 1.29 is 0 Å². The molecule has 1 unspecified atom stereocenters. The summed E-state index contributed by atoms with van der Waals surface area (Å²) in [7, 11) is 2.17. The monoisotopic (exact) mass is 265 g/mol. The Hall–Kier alpha value is -0.120. The van der Waals surface area contributed by atoms with Crippen molar-refractivity contribution in [2.75, 3.05) is 39.8 Å². The Morgan fingerprint density at radius 1 is 0.947 bits per heavy atom. The van der Waals surface area contributed by atoms with Crippen molar-refractivity contribution in [2.45, 2.75) is 57.0 Å². The van der Waals surface area contributed by atoms with Gasteiger partial charge in [0, 0.05) is 44.8 Å². The van der Waals surface area contributed by atoms with E-state index in [2.05, 4.69) is 22.2 Å². The zero-order valence-electron chi connectivity index (χ0n) is 12.6. The highest BCUT2D eigenvalue weighted by molar-refractivity contribution is 4.89. The Morgan fingerprint density at radius 3 is 2.21 bits per heavy atom. The number of hydrogen-bond donors (Lipinski definition) is 1. The fraction of sp³-hybridized carbons (Fsp3) is 1.00. The molecule has 1 N–H and O–H groups in total. The standard InChI is InChI=1S/C16H31N3/c1-17-16(14-5-3-2-4-6-14)13-18-9-11-19(12-10-18)15-7-8-15/h14-17H,2-13H2,1H3. The summed E-state index contributed by atoms with van der Waals surface area (Å²) in [6.45, 7) is 6.49. The highest BCUT2D eigenvalue weighted by Gasteiger charge is 2.32. The van der Waals surface area contributed by atoms with Crippen LogP contribution < -0.4 is 5.32 Å². The van der Waals surface area contributed by atoms with E-state index in [9.17, 15) is 0 Å². The van der Waals surface area contributed by atoms with Gasteiger partial charge >= 0.3 is 0 Å². The molecule has 1 atom stereocenters. The lowest BCUT2D eigenvalue weighted by Crippen LogP contribution is -2.52. The molecule has 0 aromatic heterocycles. The molecule has 0 bridgehead atoms. The third-order valence-electron chi connectivity index (χ3n) is 5.51. The third-order valence-corrected chi connectivity index (χ3v) is 5.51. The predicted octanol–water partition coefficient (Wildman–Crippen LogP) is 1.93. The molecule has 2 aliphatic carbocycles. The van der Waals surface area contributed by atoms with Crippen LogP contribution in [0.25, 0.3) is 0 Å². The SMILES string of the molecule is CNC(CN1CCN(C2CC2)CC1)C1CCCCC1. The lowest BCUT2D eigenvalue weighted by atomic mass is 9.83. The number of likely N-dealkylation sites (N-methyl/N-ethyl adjacent to an activating group) is 1. The quantitative estimate of drug-likeness (QED) is 0.819. The third kappa shape index (κ3) is 3.71. The van der Waals surface area contributed by atoms with Crippen molar-refractivity contribution in [1.82, 2.24) is 15.1 Å². The van der Waals surface area contributed by atoms with Crippen molar-refractivity contribution in [3.05, 3.63) is 0 Å². The first-order valence-electron chi connectivity index (χ1n) is 8.50. The van der Waals surface area contributed by atoms with Crippen LogP contribution in [0.2, 0.25) is 0 Å². The van der Waals surface area contributed by atoms with E-state index in [4.69, 9.17) is 0 Å². The zero-order chi connectivity index (χ0) is 13.1. The maximum Gasteiger partial charge on any atom is 0.0220 e. The fourth-order valence-electron chi connectivity index (χ4n) is 4.04. The Morgan fingerprint density at radius 2 is 1.63 bits per heavy atom. The van der Waals surface area contributed by atoms with Gasteiger partial charge in [-0.25, -0.2) is 0 Å². The second kappa shape index (κ2) is 6.55. The number of piperazine rings is 1. The molecule has 3 rings (SSSR count). The molecule has 3 aliphatic rings. The Bertz CT molecular complexity index is 263. The summed E-state index contributed by atoms with van der Waals surface area (Å²) < 4.78 is 0. The van der Waals surface area contributed by atoms with Gasteiger partial charge in [0.25, 0.3) is 0 Å². The smallest absolute Gasteiger partial charge is 0.0220 e. The van der Waals surface area contributed by atoms with Gasteiger partial charge in [-0.3, -0.25) is 9.80 Å². The van der Waals surface area contributed by atoms with Gasteiger partial charge in [-0.1, -0.05) is 19.3 Å². The van der Waals surface area contributed by atoms with Gasteiger partial charge in [0.05, 0.1) is 0 Å². The lowest BCUT2D eigenvalue weighted by molar-refractivity contribution is 0.105. The Kier molecular flexibility index (Phi) is 4.78. The molecule has 1 aliphatic heterocycles. The highest BCUT2D eigenvalue weighted by atomic mass is 15.3. The molecule has 19 heavy (non-hydrogen) atoms. The van der Waals surface area contributed by atoms with Crippen LogP contribution in [-0.2, 0) is 0 Å². The predicted molar refractivity (Wildman–Crippen MR) is 80.5 cm³/mol. The molecule has 0 amide bonds. The lowest BCUT2D eigenvalue weighted by Gasteiger charge is -2.39. The van der Waals surface area contributed by atoms with E-state index >= 15 is 0 Å². The largest absolute Gasteiger partial charge is 0.315 e. The number of hydrogen-bond acceptors (Lipinski definition) is 3. The Labute approximate surface area is 118 Å². The summed E-state index contributed by atoms with van der Waals surface area (Å²) in [5, 5.41) is 3.61. The second-order valence-corrected chi connectivity index (χ2v) is 6.86. The van der Waals surface area contributed by atoms with Crippen LogP contribution >= 0.6 is 0 Å². The average Bonchev–Trinajstić information content (AvgIpc) is 3.31. The van der Waals surface area contributed by atoms with Crippen molar-refractivity contribution in [2.24, 2.45) is 5.92 Å². The fourth-order valence-corrected chi connectivity index (χ4v) is 4.04. The van der Waals surface area contributed by atoms with Crippen LogP contribution in [0.5, 0.6) is 0 Å². The molecule has 2 saturated carbocycles. The second-order valence-electron chi connectivity index (χ2n) is 6.86. The van der Waals surface area contributed by atoms with E-state index < -0.39 is 0 Å². The van der Waals surface area contributed by atoms with Gasteiger partial charge in [-0.05, 0) is 38.6 Å². The first-order chi connectivity index (χ1) is 9.36. The molecule has 3 heteroatoms. The van der Waals surface area contributed by atoms with Crippen molar-refractivity contribution in [3.63, 3.8) is 0 Å². The van der Waals surface area contributed by atoms with Gasteiger partial charge < -0.3 is 5.32 Å². The van der Waals surface area contributed by atoms with Crippen molar-refractivity contribution in [3.8, 4) is 0 Å². The van der Waals surface area contributed by atoms with Gasteiger partial charge in [0.2, 0.25) is 0 Å². The Balaban J connectivity index is 1.43. The van der Waals surface area contributed by atoms with Gasteiger partial charge in [0.15, 0.2) is 0 Å². The van der Waals surface area contributed by atoms with Crippen LogP contribution in [-0.4, -0.2) is 61.7 Å². The summed E-state index contributed by atoms with van der Waals surface area (Å²) in [6.07, 6.45) is 10.2. The molecule has 0 spiro atoms. The molecular formula is C16H31N3. The van der Waals surface area contributed by atoms with E-state index in [1.54, 1.807) is 0 Å². The van der Waals surface area contributed by atoms with Gasteiger partial charge in [0.1, 0.15) is 0 Å². The summed E-state index contributed by atoms with van der Waals surface area (Å²) in [4.78, 5) is 5.42. The van der Waals surface area contributed by atoms with E-state index in [1.165, 1.54) is 77.7 Å². The van der Waals surface area contributed by atoms with E-state index in [0.717, 1.165) is 18.0 Å². The molecule has 3 fully saturated rings. The minimum absolute atomic E-state index is 0.729. The number of rotatable bonds is 5.